The molecule has 2 fully saturated rings. The molecule has 1 N–H and O–H groups in total. The molecule has 132 valence electrons. The smallest absolute Gasteiger partial charge is 0.253 e. The third-order valence-corrected chi connectivity index (χ3v) is 5.62. The summed E-state index contributed by atoms with van der Waals surface area (Å²) < 4.78 is 1.78. The van der Waals surface area contributed by atoms with Gasteiger partial charge in [-0.25, -0.2) is 0 Å². The molecule has 0 unspecified atom stereocenters. The van der Waals surface area contributed by atoms with Crippen LogP contribution in [-0.4, -0.2) is 45.8 Å². The van der Waals surface area contributed by atoms with E-state index in [2.05, 4.69) is 10.4 Å². The van der Waals surface area contributed by atoms with Gasteiger partial charge < -0.3 is 10.2 Å². The molecule has 4 rings (SSSR count). The van der Waals surface area contributed by atoms with E-state index in [-0.39, 0.29) is 11.4 Å². The molecule has 1 amide bonds. The Morgan fingerprint density at radius 1 is 1.20 bits per heavy atom. The van der Waals surface area contributed by atoms with Crippen LogP contribution in [0.15, 0.2) is 36.7 Å². The van der Waals surface area contributed by atoms with E-state index in [4.69, 9.17) is 0 Å². The summed E-state index contributed by atoms with van der Waals surface area (Å²) in [5.41, 5.74) is 3.00. The SMILES string of the molecule is Cn1cc(-c2cccc(C(=O)N3CCNC4(CCCCC4)C3)c2)cn1. The lowest BCUT2D eigenvalue weighted by Gasteiger charge is -2.46. The monoisotopic (exact) mass is 338 g/mol. The Bertz CT molecular complexity index is 755. The van der Waals surface area contributed by atoms with Crippen LogP contribution in [0.5, 0.6) is 0 Å². The number of benzene rings is 1. The Labute approximate surface area is 149 Å². The molecular formula is C20H26N4O. The Balaban J connectivity index is 1.54. The third-order valence-electron chi connectivity index (χ3n) is 5.62. The van der Waals surface area contributed by atoms with E-state index in [9.17, 15) is 4.79 Å². The van der Waals surface area contributed by atoms with Crippen molar-refractivity contribution >= 4 is 5.91 Å². The minimum absolute atomic E-state index is 0.146. The van der Waals surface area contributed by atoms with Gasteiger partial charge in [0.05, 0.1) is 6.20 Å². The van der Waals surface area contributed by atoms with Crippen LogP contribution >= 0.6 is 0 Å². The predicted octanol–water partition coefficient (Wildman–Crippen LogP) is 2.84. The molecule has 5 heteroatoms. The lowest BCUT2D eigenvalue weighted by atomic mass is 9.80. The third kappa shape index (κ3) is 3.33. The average molecular weight is 338 g/mol. The van der Waals surface area contributed by atoms with Gasteiger partial charge in [-0.3, -0.25) is 9.48 Å². The zero-order chi connectivity index (χ0) is 17.3. The van der Waals surface area contributed by atoms with Crippen molar-refractivity contribution < 1.29 is 4.79 Å². The quantitative estimate of drug-likeness (QED) is 0.916. The Morgan fingerprint density at radius 2 is 2.04 bits per heavy atom. The summed E-state index contributed by atoms with van der Waals surface area (Å²) in [6.45, 7) is 2.52. The van der Waals surface area contributed by atoms with Gasteiger partial charge >= 0.3 is 0 Å². The Kier molecular flexibility index (Phi) is 4.34. The van der Waals surface area contributed by atoms with Crippen LogP contribution in [0.2, 0.25) is 0 Å². The second kappa shape index (κ2) is 6.64. The molecular weight excluding hydrogens is 312 g/mol. The van der Waals surface area contributed by atoms with Crippen LogP contribution in [0.1, 0.15) is 42.5 Å². The molecule has 5 nitrogen and oxygen atoms in total. The summed E-state index contributed by atoms with van der Waals surface area (Å²) in [6, 6.07) is 7.93. The molecule has 0 radical (unpaired) electrons. The van der Waals surface area contributed by atoms with Gasteiger partial charge in [0, 0.05) is 49.5 Å². The van der Waals surface area contributed by atoms with Crippen molar-refractivity contribution in [1.82, 2.24) is 20.0 Å². The molecule has 1 aliphatic carbocycles. The van der Waals surface area contributed by atoms with Crippen molar-refractivity contribution in [2.45, 2.75) is 37.6 Å². The van der Waals surface area contributed by atoms with E-state index in [1.165, 1.54) is 32.1 Å². The number of nitrogens with one attached hydrogen (secondary N) is 1. The van der Waals surface area contributed by atoms with Gasteiger partial charge in [-0.15, -0.1) is 0 Å². The van der Waals surface area contributed by atoms with Crippen LogP contribution in [0, 0.1) is 0 Å². The number of aromatic nitrogens is 2. The number of hydrogen-bond acceptors (Lipinski definition) is 3. The molecule has 25 heavy (non-hydrogen) atoms. The van der Waals surface area contributed by atoms with Gasteiger partial charge in [-0.05, 0) is 30.5 Å². The summed E-state index contributed by atoms with van der Waals surface area (Å²) in [5, 5.41) is 7.93. The maximum absolute atomic E-state index is 13.1. The van der Waals surface area contributed by atoms with Crippen molar-refractivity contribution in [2.24, 2.45) is 7.05 Å². The van der Waals surface area contributed by atoms with Gasteiger partial charge in [-0.2, -0.15) is 5.10 Å². The fraction of sp³-hybridized carbons (Fsp3) is 0.500. The highest BCUT2D eigenvalue weighted by atomic mass is 16.2. The Morgan fingerprint density at radius 3 is 2.80 bits per heavy atom. The maximum Gasteiger partial charge on any atom is 0.253 e. The highest BCUT2D eigenvalue weighted by Crippen LogP contribution is 2.31. The number of piperazine rings is 1. The first-order valence-electron chi connectivity index (χ1n) is 9.29. The van der Waals surface area contributed by atoms with E-state index in [1.54, 1.807) is 4.68 Å². The molecule has 1 aromatic heterocycles. The van der Waals surface area contributed by atoms with Gasteiger partial charge in [0.2, 0.25) is 0 Å². The predicted molar refractivity (Wildman–Crippen MR) is 98.4 cm³/mol. The number of aryl methyl sites for hydroxylation is 1. The summed E-state index contributed by atoms with van der Waals surface area (Å²) in [4.78, 5) is 15.1. The van der Waals surface area contributed by atoms with E-state index < -0.39 is 0 Å². The first-order valence-corrected chi connectivity index (χ1v) is 9.29. The number of carbonyl (C=O) groups excluding carboxylic acids is 1. The zero-order valence-electron chi connectivity index (χ0n) is 14.9. The minimum atomic E-state index is 0.146. The molecule has 1 aromatic carbocycles. The van der Waals surface area contributed by atoms with Crippen molar-refractivity contribution in [3.8, 4) is 11.1 Å². The number of nitrogens with zero attached hydrogens (tertiary/aromatic N) is 3. The van der Waals surface area contributed by atoms with Crippen LogP contribution in [0.25, 0.3) is 11.1 Å². The summed E-state index contributed by atoms with van der Waals surface area (Å²) in [6.07, 6.45) is 10.1. The molecule has 0 atom stereocenters. The van der Waals surface area contributed by atoms with Gasteiger partial charge in [0.15, 0.2) is 0 Å². The van der Waals surface area contributed by atoms with Gasteiger partial charge in [0.25, 0.3) is 5.91 Å². The maximum atomic E-state index is 13.1. The fourth-order valence-corrected chi connectivity index (χ4v) is 4.28. The second-order valence-corrected chi connectivity index (χ2v) is 7.48. The minimum Gasteiger partial charge on any atom is -0.336 e. The highest BCUT2D eigenvalue weighted by Gasteiger charge is 2.37. The molecule has 1 spiro atoms. The first kappa shape index (κ1) is 16.3. The topological polar surface area (TPSA) is 50.2 Å². The molecule has 2 aromatic rings. The van der Waals surface area contributed by atoms with Crippen LogP contribution < -0.4 is 5.32 Å². The average Bonchev–Trinajstić information content (AvgIpc) is 3.08. The summed E-state index contributed by atoms with van der Waals surface area (Å²) in [7, 11) is 1.91. The van der Waals surface area contributed by atoms with Crippen molar-refractivity contribution in [1.29, 1.82) is 0 Å². The molecule has 1 aliphatic heterocycles. The zero-order valence-corrected chi connectivity index (χ0v) is 14.9. The van der Waals surface area contributed by atoms with Crippen molar-refractivity contribution in [3.05, 3.63) is 42.2 Å². The summed E-state index contributed by atoms with van der Waals surface area (Å²) in [5.74, 6) is 0.150. The van der Waals surface area contributed by atoms with Gasteiger partial charge in [-0.1, -0.05) is 31.4 Å². The van der Waals surface area contributed by atoms with Crippen LogP contribution in [0.4, 0.5) is 0 Å². The number of hydrogen-bond donors (Lipinski definition) is 1. The van der Waals surface area contributed by atoms with E-state index >= 15 is 0 Å². The second-order valence-electron chi connectivity index (χ2n) is 7.48. The molecule has 0 bridgehead atoms. The lowest BCUT2D eigenvalue weighted by molar-refractivity contribution is 0.0558. The Hall–Kier alpha value is -2.14. The molecule has 2 aliphatic rings. The van der Waals surface area contributed by atoms with Crippen molar-refractivity contribution in [2.75, 3.05) is 19.6 Å². The highest BCUT2D eigenvalue weighted by molar-refractivity contribution is 5.95. The molecule has 2 heterocycles. The standard InChI is InChI=1S/C20H26N4O/c1-23-14-18(13-22-23)16-6-5-7-17(12-16)19(25)24-11-10-21-20(15-24)8-3-2-4-9-20/h5-7,12-14,21H,2-4,8-11,15H2,1H3. The molecule has 1 saturated heterocycles. The van der Waals surface area contributed by atoms with E-state index in [0.717, 1.165) is 36.3 Å². The normalized spacial score (nSPS) is 20.0. The van der Waals surface area contributed by atoms with Gasteiger partial charge in [0.1, 0.15) is 0 Å². The van der Waals surface area contributed by atoms with Crippen molar-refractivity contribution in [3.63, 3.8) is 0 Å². The number of carbonyl (C=O) groups is 1. The first-order chi connectivity index (χ1) is 12.2. The van der Waals surface area contributed by atoms with E-state index in [1.807, 2.05) is 48.6 Å². The largest absolute Gasteiger partial charge is 0.336 e. The lowest BCUT2D eigenvalue weighted by Crippen LogP contribution is -2.62. The number of amides is 1. The summed E-state index contributed by atoms with van der Waals surface area (Å²) >= 11 is 0. The molecule has 1 saturated carbocycles. The number of rotatable bonds is 2. The fourth-order valence-electron chi connectivity index (χ4n) is 4.28. The van der Waals surface area contributed by atoms with Crippen LogP contribution in [0.3, 0.4) is 0 Å². The van der Waals surface area contributed by atoms with Crippen LogP contribution in [-0.2, 0) is 7.05 Å². The van der Waals surface area contributed by atoms with E-state index in [0.29, 0.717) is 0 Å².